The first kappa shape index (κ1) is 16.7. The third kappa shape index (κ3) is 3.37. The van der Waals surface area contributed by atoms with Crippen LogP contribution >= 0.6 is 27.3 Å². The molecule has 3 rings (SSSR count). The Morgan fingerprint density at radius 2 is 2.04 bits per heavy atom. The second-order valence-corrected chi connectivity index (χ2v) is 9.41. The average Bonchev–Trinajstić information content (AvgIpc) is 3.20. The van der Waals surface area contributed by atoms with Crippen LogP contribution in [0.3, 0.4) is 0 Å². The van der Waals surface area contributed by atoms with Crippen molar-refractivity contribution in [2.24, 2.45) is 0 Å². The number of halogens is 1. The van der Waals surface area contributed by atoms with E-state index >= 15 is 0 Å². The number of aryl methyl sites for hydroxylation is 1. The third-order valence-electron chi connectivity index (χ3n) is 3.60. The molecule has 1 aliphatic heterocycles. The molecule has 1 aliphatic rings. The van der Waals surface area contributed by atoms with E-state index < -0.39 is 15.9 Å². The molecule has 0 atom stereocenters. The van der Waals surface area contributed by atoms with Gasteiger partial charge in [0.15, 0.2) is 10.4 Å². The van der Waals surface area contributed by atoms with Gasteiger partial charge in [-0.25, -0.2) is 8.42 Å². The molecular weight excluding hydrogens is 404 g/mol. The highest BCUT2D eigenvalue weighted by Crippen LogP contribution is 2.33. The summed E-state index contributed by atoms with van der Waals surface area (Å²) in [5, 5.41) is 2.70. The predicted molar refractivity (Wildman–Crippen MR) is 91.4 cm³/mol. The van der Waals surface area contributed by atoms with Gasteiger partial charge >= 0.3 is 0 Å². The van der Waals surface area contributed by atoms with Crippen LogP contribution in [-0.4, -0.2) is 31.7 Å². The monoisotopic (exact) mass is 418 g/mol. The lowest BCUT2D eigenvalue weighted by Crippen LogP contribution is -2.27. The van der Waals surface area contributed by atoms with Crippen LogP contribution in [0.5, 0.6) is 0 Å². The smallest absolute Gasteiger partial charge is 0.291 e. The van der Waals surface area contributed by atoms with Crippen molar-refractivity contribution in [3.8, 4) is 0 Å². The minimum absolute atomic E-state index is 0.159. The van der Waals surface area contributed by atoms with Crippen molar-refractivity contribution in [3.63, 3.8) is 0 Å². The number of amides is 1. The van der Waals surface area contributed by atoms with E-state index in [0.29, 0.717) is 23.4 Å². The van der Waals surface area contributed by atoms with Gasteiger partial charge in [-0.3, -0.25) is 4.79 Å². The van der Waals surface area contributed by atoms with Crippen molar-refractivity contribution in [1.82, 2.24) is 4.31 Å². The maximum atomic E-state index is 12.6. The lowest BCUT2D eigenvalue weighted by Gasteiger charge is -2.13. The molecule has 1 saturated heterocycles. The van der Waals surface area contributed by atoms with Gasteiger partial charge in [0.2, 0.25) is 0 Å². The van der Waals surface area contributed by atoms with Crippen molar-refractivity contribution in [3.05, 3.63) is 33.5 Å². The van der Waals surface area contributed by atoms with Gasteiger partial charge in [0, 0.05) is 18.0 Å². The van der Waals surface area contributed by atoms with Crippen molar-refractivity contribution >= 4 is 48.9 Å². The molecule has 1 amide bonds. The van der Waals surface area contributed by atoms with Gasteiger partial charge in [0.25, 0.3) is 15.9 Å². The molecule has 0 aliphatic carbocycles. The van der Waals surface area contributed by atoms with E-state index in [-0.39, 0.29) is 9.97 Å². The van der Waals surface area contributed by atoms with Crippen molar-refractivity contribution in [2.45, 2.75) is 24.0 Å². The van der Waals surface area contributed by atoms with Crippen LogP contribution in [0.2, 0.25) is 0 Å². The first-order chi connectivity index (χ1) is 10.9. The lowest BCUT2D eigenvalue weighted by molar-refractivity contribution is 0.0995. The van der Waals surface area contributed by atoms with Gasteiger partial charge in [-0.15, -0.1) is 11.3 Å². The molecule has 124 valence electrons. The van der Waals surface area contributed by atoms with Crippen LogP contribution in [0, 0.1) is 6.92 Å². The first-order valence-corrected chi connectivity index (χ1v) is 10.1. The molecule has 0 aromatic carbocycles. The van der Waals surface area contributed by atoms with Crippen LogP contribution in [-0.2, 0) is 10.0 Å². The molecular formula is C14H15BrN2O4S2. The number of hydrogen-bond acceptors (Lipinski definition) is 5. The summed E-state index contributed by atoms with van der Waals surface area (Å²) in [5.41, 5.74) is 0.491. The highest BCUT2D eigenvalue weighted by molar-refractivity contribution is 9.10. The first-order valence-electron chi connectivity index (χ1n) is 7.05. The standard InChI is InChI=1S/C14H15BrN2O4S2/c1-9-10(16-14(18)11-4-5-12(15)21-11)8-13(22-9)23(19,20)17-6-2-3-7-17/h4-5,8H,2-3,6-7H2,1H3,(H,16,18). The van der Waals surface area contributed by atoms with E-state index in [1.54, 1.807) is 19.1 Å². The Balaban J connectivity index is 1.82. The van der Waals surface area contributed by atoms with E-state index in [9.17, 15) is 13.2 Å². The van der Waals surface area contributed by atoms with Crippen molar-refractivity contribution < 1.29 is 17.6 Å². The van der Waals surface area contributed by atoms with Crippen LogP contribution in [0.25, 0.3) is 0 Å². The summed E-state index contributed by atoms with van der Waals surface area (Å²) < 4.78 is 32.5. The highest BCUT2D eigenvalue weighted by atomic mass is 79.9. The topological polar surface area (TPSA) is 79.6 Å². The summed E-state index contributed by atoms with van der Waals surface area (Å²) in [7, 11) is -3.47. The quantitative estimate of drug-likeness (QED) is 0.824. The number of hydrogen-bond donors (Lipinski definition) is 1. The second kappa shape index (κ2) is 6.39. The molecule has 1 N–H and O–H groups in total. The summed E-state index contributed by atoms with van der Waals surface area (Å²) in [6.45, 7) is 2.89. The molecule has 1 fully saturated rings. The molecule has 0 unspecified atom stereocenters. The Labute approximate surface area is 146 Å². The van der Waals surface area contributed by atoms with Crippen LogP contribution in [0.1, 0.15) is 28.3 Å². The minimum Gasteiger partial charge on any atom is -0.444 e. The number of thiophene rings is 1. The van der Waals surface area contributed by atoms with E-state index in [0.717, 1.165) is 17.7 Å². The largest absolute Gasteiger partial charge is 0.444 e. The summed E-state index contributed by atoms with van der Waals surface area (Å²) in [4.78, 5) is 12.9. The zero-order chi connectivity index (χ0) is 16.6. The Bertz CT molecular complexity index is 835. The Kier molecular flexibility index (Phi) is 4.63. The Morgan fingerprint density at radius 1 is 1.35 bits per heavy atom. The molecule has 6 nitrogen and oxygen atoms in total. The fraction of sp³-hybridized carbons (Fsp3) is 0.357. The number of sulfonamides is 1. The van der Waals surface area contributed by atoms with Gasteiger partial charge in [-0.1, -0.05) is 0 Å². The normalized spacial score (nSPS) is 15.9. The van der Waals surface area contributed by atoms with Gasteiger partial charge in [-0.2, -0.15) is 4.31 Å². The summed E-state index contributed by atoms with van der Waals surface area (Å²) in [6, 6.07) is 4.69. The van der Waals surface area contributed by atoms with Crippen molar-refractivity contribution in [2.75, 3.05) is 18.4 Å². The Hall–Kier alpha value is -1.16. The average molecular weight is 419 g/mol. The zero-order valence-corrected chi connectivity index (χ0v) is 15.6. The molecule has 0 saturated carbocycles. The molecule has 9 heteroatoms. The third-order valence-corrected chi connectivity index (χ3v) is 7.42. The number of carbonyl (C=O) groups is 1. The molecule has 0 radical (unpaired) electrons. The molecule has 2 aromatic heterocycles. The maximum Gasteiger partial charge on any atom is 0.291 e. The molecule has 0 spiro atoms. The summed E-state index contributed by atoms with van der Waals surface area (Å²) >= 11 is 4.31. The molecule has 0 bridgehead atoms. The fourth-order valence-corrected chi connectivity index (χ4v) is 5.76. The number of carbonyl (C=O) groups excluding carboxylic acids is 1. The van der Waals surface area contributed by atoms with E-state index in [1.165, 1.54) is 21.7 Å². The minimum atomic E-state index is -3.47. The molecule has 23 heavy (non-hydrogen) atoms. The number of rotatable bonds is 4. The second-order valence-electron chi connectivity index (χ2n) is 5.20. The number of anilines is 1. The lowest BCUT2D eigenvalue weighted by atomic mass is 10.3. The predicted octanol–water partition coefficient (Wildman–Crippen LogP) is 3.45. The molecule has 3 heterocycles. The van der Waals surface area contributed by atoms with Gasteiger partial charge < -0.3 is 9.73 Å². The van der Waals surface area contributed by atoms with Crippen molar-refractivity contribution in [1.29, 1.82) is 0 Å². The highest BCUT2D eigenvalue weighted by Gasteiger charge is 2.29. The number of furan rings is 1. The SMILES string of the molecule is Cc1sc(S(=O)(=O)N2CCCC2)cc1NC(=O)c1ccc(Br)o1. The number of nitrogens with one attached hydrogen (secondary N) is 1. The zero-order valence-electron chi connectivity index (χ0n) is 12.3. The maximum absolute atomic E-state index is 12.6. The summed E-state index contributed by atoms with van der Waals surface area (Å²) in [6.07, 6.45) is 1.78. The molecule has 2 aromatic rings. The van der Waals surface area contributed by atoms with Gasteiger partial charge in [0.05, 0.1) is 5.69 Å². The van der Waals surface area contributed by atoms with Gasteiger partial charge in [-0.05, 0) is 53.9 Å². The van der Waals surface area contributed by atoms with E-state index in [1.807, 2.05) is 0 Å². The number of nitrogens with zero attached hydrogens (tertiary/aromatic N) is 1. The summed E-state index contributed by atoms with van der Waals surface area (Å²) in [5.74, 6) is -0.256. The fourth-order valence-electron chi connectivity index (χ4n) is 2.38. The van der Waals surface area contributed by atoms with Crippen LogP contribution in [0.4, 0.5) is 5.69 Å². The van der Waals surface area contributed by atoms with E-state index in [4.69, 9.17) is 4.42 Å². The van der Waals surface area contributed by atoms with E-state index in [2.05, 4.69) is 21.2 Å². The Morgan fingerprint density at radius 3 is 2.65 bits per heavy atom. The van der Waals surface area contributed by atoms with Crippen LogP contribution in [0.15, 0.2) is 31.5 Å². The van der Waals surface area contributed by atoms with Crippen LogP contribution < -0.4 is 5.32 Å². The van der Waals surface area contributed by atoms with Gasteiger partial charge in [0.1, 0.15) is 4.21 Å².